The molecule has 0 bridgehead atoms. The van der Waals surface area contributed by atoms with E-state index in [1.807, 2.05) is 52.4 Å². The maximum absolute atomic E-state index is 13.5. The van der Waals surface area contributed by atoms with Crippen molar-refractivity contribution in [1.82, 2.24) is 0 Å². The zero-order valence-corrected chi connectivity index (χ0v) is 104. The predicted octanol–water partition coefficient (Wildman–Crippen LogP) is 25.6. The van der Waals surface area contributed by atoms with E-state index < -0.39 is 156 Å². The van der Waals surface area contributed by atoms with Crippen LogP contribution in [0, 0.1) is 23.7 Å². The molecule has 0 saturated carbocycles. The maximum atomic E-state index is 13.5. The predicted molar refractivity (Wildman–Crippen MR) is 519 cm³/mol. The van der Waals surface area contributed by atoms with Crippen LogP contribution in [-0.4, -0.2) is 179 Å². The molecule has 0 spiro atoms. The number of carboxylic acid groups (broad SMARTS) is 4. The molecule has 0 aromatic rings. The van der Waals surface area contributed by atoms with Gasteiger partial charge in [0.25, 0.3) is 0 Å². The Bertz CT molecular complexity index is 2850. The van der Waals surface area contributed by atoms with Crippen molar-refractivity contribution in [2.45, 2.75) is 466 Å². The molecule has 0 aliphatic heterocycles. The van der Waals surface area contributed by atoms with Crippen LogP contribution in [0.3, 0.4) is 0 Å². The molecule has 4 N–H and O–H groups in total. The number of aliphatic carboxylic acids is 4. The molecule has 126 heavy (non-hydrogen) atoms. The molecule has 24 nitrogen and oxygen atoms in total. The molecule has 0 aromatic heterocycles. The van der Waals surface area contributed by atoms with Crippen molar-refractivity contribution in [1.29, 1.82) is 0 Å². The third kappa shape index (κ3) is 81.2. The monoisotopic (exact) mass is 2450 g/mol. The first-order valence-corrected chi connectivity index (χ1v) is 76.3. The number of carboxylic acids is 4. The molecule has 0 heterocycles. The van der Waals surface area contributed by atoms with Crippen LogP contribution >= 0.6 is 0 Å². The number of hydrogen-bond donors (Lipinski definition) is 4. The Labute approximate surface area is 858 Å². The fraction of sp³-hybridized carbons (Fsp3) is 0.909. The van der Waals surface area contributed by atoms with E-state index in [1.165, 1.54) is 128 Å². The van der Waals surface area contributed by atoms with E-state index in [0.717, 1.165) is 51.4 Å². The van der Waals surface area contributed by atoms with Crippen molar-refractivity contribution >= 4 is 132 Å². The van der Waals surface area contributed by atoms with Crippen LogP contribution in [0.25, 0.3) is 0 Å². The number of rotatable bonds is 81. The van der Waals surface area contributed by atoms with Crippen LogP contribution in [0.2, 0.25) is 155 Å². The first kappa shape index (κ1) is 140. The Hall–Kier alpha value is 1.19. The van der Waals surface area contributed by atoms with E-state index >= 15 is 0 Å². The fourth-order valence-corrected chi connectivity index (χ4v) is 63.9. The SMILES string of the molecule is C.C.CCCCCCCCCCCCCCCCOC(=O)CC(CCC[Si](C)(O[Si](C)(C)C)O[Si](C)(CCCC(CC(=O)OCCCCCCOC(=O)CC(CCC[Si](C)(O[Si](C)(C)O[Si](C)(C)C)O[Si](C)(CCCC(CC(=O)O)C(=O)OCCCCCCCCCCCCCCCC)O[Si](C)(C)C)C(=O)O)C(=O)O)O[Si](C)(C)O[Si](C)(C)C)C(=O)O.[W].[W].[Y].[Y]. The zero-order valence-electron chi connectivity index (χ0n) is 82.0. The van der Waals surface area contributed by atoms with Crippen molar-refractivity contribution in [2.24, 2.45) is 23.7 Å². The van der Waals surface area contributed by atoms with E-state index in [1.54, 1.807) is 0 Å². The van der Waals surface area contributed by atoms with Gasteiger partial charge in [0.1, 0.15) is 0 Å². The van der Waals surface area contributed by atoms with Crippen molar-refractivity contribution in [3.8, 4) is 0 Å². The number of esters is 4. The second kappa shape index (κ2) is 76.1. The smallest absolute Gasteiger partial charge is 0.317 e. The Morgan fingerprint density at radius 1 is 0.246 bits per heavy atom. The van der Waals surface area contributed by atoms with E-state index in [2.05, 4.69) is 92.4 Å². The maximum Gasteiger partial charge on any atom is 0.317 e. The standard InChI is InChI=1S/C86H178O24Si10.2CH4.2W.2Y/c1-23-25-27-29-31-33-35-37-39-41-43-45-47-51-63-99-80(89)72-75(83(92)93)59-55-67-117(19,105-113(9,10)11)109-119(21,107-115(15,16)103-111(3,4)5)69-56-60-76(84(94)95)73-81(90)100-64-52-49-50-53-65-101-82(91)74-77(85(96)97)61-57-70-120(22,108-116(17,18)104-112(6,7)8)110-118(20,106-114(12,13)14)68-58-62-78(71-79(87)88)86(98)102-66-54-48-46-44-42-40-38-36-34-32-30-28-26-24-2;;;;;;/h75-78H,23-74H2,1-22H3,(H,87,88)(H,92,93)(H,94,95)(H,96,97);2*1H4;;;;. The molecular formula is C88H186O24Si10W2Y2. The molecule has 2 radical (unpaired) electrons. The molecule has 0 saturated heterocycles. The first-order chi connectivity index (χ1) is 55.8. The summed E-state index contributed by atoms with van der Waals surface area (Å²) >= 11 is 0. The summed E-state index contributed by atoms with van der Waals surface area (Å²) in [4.78, 5) is 103. The van der Waals surface area contributed by atoms with Gasteiger partial charge in [-0.1, -0.05) is 221 Å². The molecule has 38 heteroatoms. The zero-order chi connectivity index (χ0) is 91.2. The van der Waals surface area contributed by atoms with Crippen molar-refractivity contribution in [2.75, 3.05) is 26.4 Å². The Morgan fingerprint density at radius 3 is 0.651 bits per heavy atom. The average Bonchev–Trinajstić information content (AvgIpc) is 0.804. The molecule has 740 valence electrons. The Balaban J connectivity index is -0.00000472. The second-order valence-corrected chi connectivity index (χ2v) is 79.7. The molecule has 0 aromatic carbocycles. The summed E-state index contributed by atoms with van der Waals surface area (Å²) in [6, 6.07) is 1.64. The number of ether oxygens (including phenoxy) is 4. The van der Waals surface area contributed by atoms with Gasteiger partial charge >= 0.3 is 99.1 Å². The number of hydrogen-bond acceptors (Lipinski definition) is 20. The van der Waals surface area contributed by atoms with Gasteiger partial charge in [0.2, 0.25) is 0 Å². The molecule has 0 aliphatic carbocycles. The van der Waals surface area contributed by atoms with Crippen molar-refractivity contribution in [3.63, 3.8) is 0 Å². The number of unbranched alkanes of at least 4 members (excludes halogenated alkanes) is 29. The van der Waals surface area contributed by atoms with Crippen LogP contribution in [0.1, 0.15) is 311 Å². The minimum absolute atomic E-state index is 0. The first-order valence-electron chi connectivity index (χ1n) is 46.9. The van der Waals surface area contributed by atoms with Gasteiger partial charge < -0.3 is 72.3 Å². The summed E-state index contributed by atoms with van der Waals surface area (Å²) < 4.78 is 78.4. The van der Waals surface area contributed by atoms with Crippen LogP contribution in [0.4, 0.5) is 0 Å². The summed E-state index contributed by atoms with van der Waals surface area (Å²) in [7, 11) is -27.5. The molecule has 0 rings (SSSR count). The molecule has 0 amide bonds. The summed E-state index contributed by atoms with van der Waals surface area (Å²) in [6.45, 7) is 46.1. The van der Waals surface area contributed by atoms with Gasteiger partial charge in [-0.3, -0.25) is 38.4 Å². The largest absolute Gasteiger partial charge is 0.481 e. The van der Waals surface area contributed by atoms with Crippen LogP contribution in [0.15, 0.2) is 0 Å². The van der Waals surface area contributed by atoms with Crippen molar-refractivity contribution in [3.05, 3.63) is 0 Å². The molecular weight excluding hydrogens is 2270 g/mol. The minimum atomic E-state index is -3.30. The normalized spacial score (nSPS) is 14.9. The van der Waals surface area contributed by atoms with Gasteiger partial charge in [-0.25, -0.2) is 0 Å². The Kier molecular flexibility index (Phi) is 84.7. The van der Waals surface area contributed by atoms with Crippen molar-refractivity contribution < 1.29 is 218 Å². The quantitative estimate of drug-likeness (QED) is 0.0190. The third-order valence-corrected chi connectivity index (χ3v) is 57.3. The van der Waals surface area contributed by atoms with Crippen LogP contribution in [0.5, 0.6) is 0 Å². The summed E-state index contributed by atoms with van der Waals surface area (Å²) in [5.41, 5.74) is 0. The second-order valence-electron chi connectivity index (χ2n) is 39.6. The van der Waals surface area contributed by atoms with Crippen LogP contribution in [-0.2, 0) is 198 Å². The molecule has 8 atom stereocenters. The van der Waals surface area contributed by atoms with Gasteiger partial charge in [0.05, 0.1) is 75.8 Å². The van der Waals surface area contributed by atoms with E-state index in [-0.39, 0.29) is 200 Å². The van der Waals surface area contributed by atoms with Gasteiger partial charge in [0.15, 0.2) is 33.3 Å². The fourth-order valence-electron chi connectivity index (χ4n) is 16.2. The third-order valence-electron chi connectivity index (χ3n) is 20.8. The number of carbonyl (C=O) groups excluding carboxylic acids is 4. The van der Waals surface area contributed by atoms with Gasteiger partial charge in [-0.2, -0.15) is 0 Å². The van der Waals surface area contributed by atoms with E-state index in [0.29, 0.717) is 75.5 Å². The van der Waals surface area contributed by atoms with Crippen LogP contribution < -0.4 is 0 Å². The molecule has 0 fully saturated rings. The van der Waals surface area contributed by atoms with E-state index in [9.17, 15) is 58.8 Å². The topological polar surface area (TPSA) is 328 Å². The van der Waals surface area contributed by atoms with Gasteiger partial charge in [-0.15, -0.1) is 0 Å². The van der Waals surface area contributed by atoms with E-state index in [4.69, 9.17) is 51.9 Å². The minimum Gasteiger partial charge on any atom is -0.481 e. The molecule has 0 aliphatic rings. The van der Waals surface area contributed by atoms with Gasteiger partial charge in [0, 0.05) is 108 Å². The van der Waals surface area contributed by atoms with Gasteiger partial charge in [-0.05, 0) is 219 Å². The number of carbonyl (C=O) groups is 8. The summed E-state index contributed by atoms with van der Waals surface area (Å²) in [6.07, 6.45) is 37.3. The summed E-state index contributed by atoms with van der Waals surface area (Å²) in [5.74, 6) is -10.5. The average molecular weight is 2450 g/mol. The Morgan fingerprint density at radius 2 is 0.444 bits per heavy atom. The summed E-state index contributed by atoms with van der Waals surface area (Å²) in [5, 5.41) is 41.1. The molecule has 8 unspecified atom stereocenters.